The summed E-state index contributed by atoms with van der Waals surface area (Å²) in [6.07, 6.45) is 15.8. The Balaban J connectivity index is 3.16. The Bertz CT molecular complexity index is 201. The van der Waals surface area contributed by atoms with Crippen molar-refractivity contribution in [2.75, 3.05) is 0 Å². The van der Waals surface area contributed by atoms with Gasteiger partial charge in [-0.3, -0.25) is 4.79 Å². The first-order valence-electron chi connectivity index (χ1n) is 8.38. The second-order valence-corrected chi connectivity index (χ2v) is 6.01. The van der Waals surface area contributed by atoms with Crippen molar-refractivity contribution in [3.05, 3.63) is 0 Å². The minimum absolute atomic E-state index is 0.339. The van der Waals surface area contributed by atoms with Gasteiger partial charge >= 0.3 is 5.97 Å². The highest BCUT2D eigenvalue weighted by atomic mass is 16.4. The predicted molar refractivity (Wildman–Crippen MR) is 82.5 cm³/mol. The van der Waals surface area contributed by atoms with Gasteiger partial charge in [0.15, 0.2) is 0 Å². The van der Waals surface area contributed by atoms with Crippen LogP contribution >= 0.6 is 0 Å². The summed E-state index contributed by atoms with van der Waals surface area (Å²) in [6.45, 7) is 4.60. The molecule has 0 aliphatic rings. The Hall–Kier alpha value is -0.530. The van der Waals surface area contributed by atoms with E-state index in [1.807, 2.05) is 0 Å². The molecule has 114 valence electrons. The van der Waals surface area contributed by atoms with Gasteiger partial charge in [-0.1, -0.05) is 84.5 Å². The Morgan fingerprint density at radius 1 is 0.842 bits per heavy atom. The number of carboxylic acid groups (broad SMARTS) is 1. The molecule has 19 heavy (non-hydrogen) atoms. The van der Waals surface area contributed by atoms with Crippen LogP contribution in [0.4, 0.5) is 0 Å². The molecule has 0 radical (unpaired) electrons. The molecule has 1 N–H and O–H groups in total. The number of unbranched alkanes of at least 4 members (excludes halogenated alkanes) is 8. The number of rotatable bonds is 14. The van der Waals surface area contributed by atoms with E-state index in [2.05, 4.69) is 13.8 Å². The zero-order chi connectivity index (χ0) is 14.3. The maximum atomic E-state index is 10.4. The van der Waals surface area contributed by atoms with Crippen molar-refractivity contribution in [3.8, 4) is 0 Å². The van der Waals surface area contributed by atoms with Gasteiger partial charge in [0.1, 0.15) is 0 Å². The van der Waals surface area contributed by atoms with Crippen molar-refractivity contribution in [2.45, 2.75) is 97.3 Å². The Morgan fingerprint density at radius 3 is 1.84 bits per heavy atom. The molecule has 0 aromatic carbocycles. The summed E-state index contributed by atoms with van der Waals surface area (Å²) in [5.74, 6) is 0.164. The van der Waals surface area contributed by atoms with Crippen molar-refractivity contribution in [2.24, 2.45) is 5.92 Å². The van der Waals surface area contributed by atoms with Gasteiger partial charge in [0.25, 0.3) is 0 Å². The summed E-state index contributed by atoms with van der Waals surface area (Å²) in [6, 6.07) is 0. The lowest BCUT2D eigenvalue weighted by molar-refractivity contribution is -0.137. The molecule has 0 saturated heterocycles. The van der Waals surface area contributed by atoms with Gasteiger partial charge in [-0.15, -0.1) is 0 Å². The summed E-state index contributed by atoms with van der Waals surface area (Å²) in [5, 5.41) is 8.54. The van der Waals surface area contributed by atoms with E-state index in [0.29, 0.717) is 6.42 Å². The van der Waals surface area contributed by atoms with Crippen LogP contribution in [0.15, 0.2) is 0 Å². The summed E-state index contributed by atoms with van der Waals surface area (Å²) >= 11 is 0. The highest BCUT2D eigenvalue weighted by Crippen LogP contribution is 2.18. The van der Waals surface area contributed by atoms with Crippen LogP contribution in [0.5, 0.6) is 0 Å². The SMILES string of the molecule is CCCCCCCCCC(C)CCCCCC(=O)O. The van der Waals surface area contributed by atoms with Gasteiger partial charge in [-0.2, -0.15) is 0 Å². The molecule has 0 aliphatic heterocycles. The second-order valence-electron chi connectivity index (χ2n) is 6.01. The van der Waals surface area contributed by atoms with Gasteiger partial charge in [0.05, 0.1) is 0 Å². The fourth-order valence-corrected chi connectivity index (χ4v) is 2.54. The molecule has 0 amide bonds. The first kappa shape index (κ1) is 18.5. The molecule has 0 heterocycles. The van der Waals surface area contributed by atoms with Gasteiger partial charge in [-0.25, -0.2) is 0 Å². The summed E-state index contributed by atoms with van der Waals surface area (Å²) in [4.78, 5) is 10.4. The lowest BCUT2D eigenvalue weighted by Gasteiger charge is -2.10. The number of carbonyl (C=O) groups is 1. The topological polar surface area (TPSA) is 37.3 Å². The van der Waals surface area contributed by atoms with Crippen molar-refractivity contribution in [1.29, 1.82) is 0 Å². The largest absolute Gasteiger partial charge is 0.481 e. The van der Waals surface area contributed by atoms with Crippen molar-refractivity contribution in [3.63, 3.8) is 0 Å². The second kappa shape index (κ2) is 13.9. The van der Waals surface area contributed by atoms with Crippen LogP contribution in [0.25, 0.3) is 0 Å². The van der Waals surface area contributed by atoms with Crippen LogP contribution in [0.3, 0.4) is 0 Å². The zero-order valence-electron chi connectivity index (χ0n) is 13.1. The van der Waals surface area contributed by atoms with E-state index in [1.54, 1.807) is 0 Å². The molecule has 2 nitrogen and oxygen atoms in total. The van der Waals surface area contributed by atoms with Gasteiger partial charge in [0, 0.05) is 6.42 Å². The normalized spacial score (nSPS) is 12.5. The molecule has 0 saturated carbocycles. The third-order valence-electron chi connectivity index (χ3n) is 3.89. The van der Waals surface area contributed by atoms with Gasteiger partial charge in [-0.05, 0) is 12.3 Å². The number of hydrogen-bond donors (Lipinski definition) is 1. The molecule has 0 aliphatic carbocycles. The zero-order valence-corrected chi connectivity index (χ0v) is 13.1. The van der Waals surface area contributed by atoms with E-state index in [9.17, 15) is 4.79 Å². The lowest BCUT2D eigenvalue weighted by Crippen LogP contribution is -1.97. The van der Waals surface area contributed by atoms with E-state index in [4.69, 9.17) is 5.11 Å². The van der Waals surface area contributed by atoms with Crippen LogP contribution in [0.1, 0.15) is 97.3 Å². The average molecular weight is 270 g/mol. The van der Waals surface area contributed by atoms with E-state index in [0.717, 1.165) is 18.8 Å². The standard InChI is InChI=1S/C17H34O2/c1-3-4-5-6-7-8-10-13-16(2)14-11-9-12-15-17(18)19/h16H,3-15H2,1-2H3,(H,18,19). The molecular weight excluding hydrogens is 236 g/mol. The molecule has 0 spiro atoms. The number of carboxylic acids is 1. The highest BCUT2D eigenvalue weighted by Gasteiger charge is 2.03. The maximum absolute atomic E-state index is 10.4. The van der Waals surface area contributed by atoms with Crippen LogP contribution in [0, 0.1) is 5.92 Å². The van der Waals surface area contributed by atoms with Crippen LogP contribution in [0.2, 0.25) is 0 Å². The Labute approximate surface area is 120 Å². The fraction of sp³-hybridized carbons (Fsp3) is 0.941. The number of hydrogen-bond acceptors (Lipinski definition) is 1. The minimum atomic E-state index is -0.656. The third-order valence-corrected chi connectivity index (χ3v) is 3.89. The lowest BCUT2D eigenvalue weighted by atomic mass is 9.96. The monoisotopic (exact) mass is 270 g/mol. The number of aliphatic carboxylic acids is 1. The molecule has 0 aromatic rings. The third kappa shape index (κ3) is 15.4. The molecular formula is C17H34O2. The van der Waals surface area contributed by atoms with Crippen LogP contribution in [-0.4, -0.2) is 11.1 Å². The molecule has 1 unspecified atom stereocenters. The fourth-order valence-electron chi connectivity index (χ4n) is 2.54. The Morgan fingerprint density at radius 2 is 1.32 bits per heavy atom. The molecule has 0 rings (SSSR count). The van der Waals surface area contributed by atoms with Gasteiger partial charge in [0.2, 0.25) is 0 Å². The van der Waals surface area contributed by atoms with E-state index >= 15 is 0 Å². The first-order valence-corrected chi connectivity index (χ1v) is 8.38. The quantitative estimate of drug-likeness (QED) is 0.405. The van der Waals surface area contributed by atoms with Gasteiger partial charge < -0.3 is 5.11 Å². The smallest absolute Gasteiger partial charge is 0.303 e. The van der Waals surface area contributed by atoms with E-state index in [1.165, 1.54) is 64.2 Å². The maximum Gasteiger partial charge on any atom is 0.303 e. The predicted octanol–water partition coefficient (Wildman–Crippen LogP) is 5.80. The van der Waals surface area contributed by atoms with Crippen LogP contribution in [-0.2, 0) is 4.79 Å². The van der Waals surface area contributed by atoms with Crippen molar-refractivity contribution < 1.29 is 9.90 Å². The highest BCUT2D eigenvalue weighted by molar-refractivity contribution is 5.66. The molecule has 0 aromatic heterocycles. The summed E-state index contributed by atoms with van der Waals surface area (Å²) in [5.41, 5.74) is 0. The summed E-state index contributed by atoms with van der Waals surface area (Å²) in [7, 11) is 0. The van der Waals surface area contributed by atoms with Crippen molar-refractivity contribution in [1.82, 2.24) is 0 Å². The first-order chi connectivity index (χ1) is 9.16. The summed E-state index contributed by atoms with van der Waals surface area (Å²) < 4.78 is 0. The average Bonchev–Trinajstić information content (AvgIpc) is 2.37. The van der Waals surface area contributed by atoms with E-state index in [-0.39, 0.29) is 0 Å². The van der Waals surface area contributed by atoms with Crippen molar-refractivity contribution >= 4 is 5.97 Å². The molecule has 2 heteroatoms. The minimum Gasteiger partial charge on any atom is -0.481 e. The van der Waals surface area contributed by atoms with E-state index < -0.39 is 5.97 Å². The molecule has 0 bridgehead atoms. The Kier molecular flexibility index (Phi) is 13.5. The molecule has 0 fully saturated rings. The van der Waals surface area contributed by atoms with Crippen LogP contribution < -0.4 is 0 Å². The molecule has 1 atom stereocenters.